The van der Waals surface area contributed by atoms with E-state index in [0.29, 0.717) is 18.4 Å². The molecule has 2 aromatic rings. The third kappa shape index (κ3) is 14.9. The van der Waals surface area contributed by atoms with Gasteiger partial charge in [0.2, 0.25) is 0 Å². The highest BCUT2D eigenvalue weighted by Gasteiger charge is 2.78. The third-order valence-electron chi connectivity index (χ3n) is 15.9. The molecule has 2 unspecified atom stereocenters. The first kappa shape index (κ1) is 63.5. The Bertz CT molecular complexity index is 2750. The minimum atomic E-state index is -2.43. The topological polar surface area (TPSA) is 231 Å². The Morgan fingerprint density at radius 1 is 0.790 bits per heavy atom. The molecule has 16 nitrogen and oxygen atoms in total. The van der Waals surface area contributed by atoms with Gasteiger partial charge in [-0.3, -0.25) is 14.4 Å². The van der Waals surface area contributed by atoms with Crippen LogP contribution < -0.4 is 5.32 Å². The Kier molecular flexibility index (Phi) is 21.8. The van der Waals surface area contributed by atoms with Gasteiger partial charge in [-0.25, -0.2) is 14.4 Å². The first-order valence-corrected chi connectivity index (χ1v) is 28.2. The van der Waals surface area contributed by atoms with E-state index in [1.165, 1.54) is 26.0 Å². The number of aliphatic hydroxyl groups is 3. The maximum Gasteiger partial charge on any atom is 0.408 e. The van der Waals surface area contributed by atoms with Crippen LogP contribution in [0.4, 0.5) is 4.79 Å². The van der Waals surface area contributed by atoms with Gasteiger partial charge in [-0.05, 0) is 108 Å². The standard InChI is InChI=1S/C65H83NO15/c1-10-11-12-13-14-15-16-17-18-19-20-21-22-23-24-25-26-27-34-39-50(68)78-48-40-49-64(42-76-49,80-44(3)67)55-57(79-58(72)46-37-32-29-33-38-46)65(75)41-47(43(2)51(62(65,7)8)53(69)56(71)63(48,55)9)77-59(73)54(70)52(45-35-30-28-31-36-45)66-60(74)81-61(4,5)6/h11-12,14-15,17-18,20-21,23-24,26-33,35-38,47-49,52-55,57,69-70,75H,10,13,16,19,22,25,34,39-42H2,1-9H3,(H,66,74)/b12-11-,15-14-,18-17-,21-20-,24-23-,27-26-/t47?,48-,49+,52-,53+,54?,55-,57-,63+,64-,65+/m0/s1. The van der Waals surface area contributed by atoms with E-state index in [9.17, 15) is 39.3 Å². The first-order chi connectivity index (χ1) is 38.4. The molecule has 2 aromatic carbocycles. The lowest BCUT2D eigenvalue weighted by Gasteiger charge is -2.67. The van der Waals surface area contributed by atoms with Crippen molar-refractivity contribution in [1.29, 1.82) is 0 Å². The normalized spacial score (nSPS) is 28.0. The summed E-state index contributed by atoms with van der Waals surface area (Å²) in [6.45, 7) is 14.0. The van der Waals surface area contributed by atoms with E-state index >= 15 is 4.79 Å². The van der Waals surface area contributed by atoms with E-state index in [-0.39, 0.29) is 36.2 Å². The Hall–Kier alpha value is -6.72. The lowest BCUT2D eigenvalue weighted by atomic mass is 9.44. The average Bonchev–Trinajstić information content (AvgIpc) is 1.08. The fourth-order valence-corrected chi connectivity index (χ4v) is 11.8. The number of Topliss-reactive ketones (excluding diaryl/α,β-unsaturated/α-hetero) is 1. The second-order valence-electron chi connectivity index (χ2n) is 23.0. The molecular formula is C65H83NO15. The predicted octanol–water partition coefficient (Wildman–Crippen LogP) is 10.3. The summed E-state index contributed by atoms with van der Waals surface area (Å²) in [6.07, 6.45) is 18.7. The van der Waals surface area contributed by atoms with E-state index in [1.54, 1.807) is 83.1 Å². The maximum atomic E-state index is 15.8. The Balaban J connectivity index is 1.29. The SMILES string of the molecule is CC/C=C\C/C=C\C/C=C\C/C=C\C/C=C\C/C=C\CCC(=O)O[C@H]1C[C@H]2OC[C@@]2(OC(C)=O)[C@H]2[C@H](OC(=O)c3ccccc3)[C@]3(O)CC(OC(=O)C(O)[C@@H](NC(=O)OC(C)(C)C)c4ccccc4)C(C)=C([C@@H](O)C(=O)[C@]12C)C3(C)C. The van der Waals surface area contributed by atoms with Crippen molar-refractivity contribution < 1.29 is 72.5 Å². The summed E-state index contributed by atoms with van der Waals surface area (Å²) in [4.78, 5) is 85.3. The molecular weight excluding hydrogens is 1030 g/mol. The molecule has 0 aromatic heterocycles. The number of benzene rings is 2. The van der Waals surface area contributed by atoms with Crippen LogP contribution >= 0.6 is 0 Å². The van der Waals surface area contributed by atoms with Crippen LogP contribution in [0, 0.1) is 16.7 Å². The van der Waals surface area contributed by atoms with Gasteiger partial charge >= 0.3 is 30.0 Å². The van der Waals surface area contributed by atoms with Gasteiger partial charge in [0.15, 0.2) is 17.5 Å². The fraction of sp³-hybridized carbons (Fsp3) is 0.508. The van der Waals surface area contributed by atoms with Crippen LogP contribution in [0.3, 0.4) is 0 Å². The Labute approximate surface area is 477 Å². The van der Waals surface area contributed by atoms with Crippen LogP contribution in [0.1, 0.15) is 148 Å². The van der Waals surface area contributed by atoms with Crippen molar-refractivity contribution in [2.75, 3.05) is 6.61 Å². The van der Waals surface area contributed by atoms with Gasteiger partial charge < -0.3 is 49.1 Å². The van der Waals surface area contributed by atoms with E-state index in [4.69, 9.17) is 28.4 Å². The molecule has 3 fully saturated rings. The summed E-state index contributed by atoms with van der Waals surface area (Å²) < 4.78 is 36.7. The van der Waals surface area contributed by atoms with E-state index in [0.717, 1.165) is 39.0 Å². The monoisotopic (exact) mass is 1120 g/mol. The predicted molar refractivity (Wildman–Crippen MR) is 305 cm³/mol. The highest BCUT2D eigenvalue weighted by atomic mass is 16.6. The first-order valence-electron chi connectivity index (χ1n) is 28.2. The second-order valence-corrected chi connectivity index (χ2v) is 23.0. The number of hydrogen-bond acceptors (Lipinski definition) is 15. The van der Waals surface area contributed by atoms with Gasteiger partial charge in [0.25, 0.3) is 0 Å². The number of allylic oxidation sites excluding steroid dienone is 12. The summed E-state index contributed by atoms with van der Waals surface area (Å²) >= 11 is 0. The molecule has 6 rings (SSSR count). The summed E-state index contributed by atoms with van der Waals surface area (Å²) in [5, 5.41) is 41.0. The number of rotatable bonds is 23. The van der Waals surface area contributed by atoms with Crippen molar-refractivity contribution in [2.45, 2.75) is 186 Å². The smallest absolute Gasteiger partial charge is 0.408 e. The van der Waals surface area contributed by atoms with Gasteiger partial charge in [-0.1, -0.05) is 142 Å². The van der Waals surface area contributed by atoms with Crippen molar-refractivity contribution in [3.8, 4) is 0 Å². The van der Waals surface area contributed by atoms with Crippen molar-refractivity contribution in [2.24, 2.45) is 16.7 Å². The molecule has 438 valence electrons. The lowest BCUT2D eigenvalue weighted by molar-refractivity contribution is -0.346. The van der Waals surface area contributed by atoms with Gasteiger partial charge in [-0.15, -0.1) is 0 Å². The summed E-state index contributed by atoms with van der Waals surface area (Å²) in [5.41, 5.74) is -8.54. The molecule has 16 heteroatoms. The zero-order valence-corrected chi connectivity index (χ0v) is 48.3. The van der Waals surface area contributed by atoms with Crippen molar-refractivity contribution >= 4 is 35.8 Å². The Morgan fingerprint density at radius 3 is 1.85 bits per heavy atom. The number of amides is 1. The molecule has 1 heterocycles. The maximum absolute atomic E-state index is 15.8. The number of carbonyl (C=O) groups excluding carboxylic acids is 6. The van der Waals surface area contributed by atoms with Gasteiger partial charge in [0.1, 0.15) is 41.7 Å². The Morgan fingerprint density at radius 2 is 1.33 bits per heavy atom. The number of esters is 4. The second kappa shape index (κ2) is 27.8. The summed E-state index contributed by atoms with van der Waals surface area (Å²) in [7, 11) is 0. The largest absolute Gasteiger partial charge is 0.461 e. The molecule has 81 heavy (non-hydrogen) atoms. The number of alkyl carbamates (subject to hydrolysis) is 1. The van der Waals surface area contributed by atoms with Crippen LogP contribution in [0.15, 0.2) is 145 Å². The summed E-state index contributed by atoms with van der Waals surface area (Å²) in [6, 6.07) is 14.6. The number of hydrogen-bond donors (Lipinski definition) is 4. The molecule has 1 amide bonds. The van der Waals surface area contributed by atoms with Crippen LogP contribution in [0.5, 0.6) is 0 Å². The van der Waals surface area contributed by atoms with Gasteiger partial charge in [0, 0.05) is 31.6 Å². The number of ketones is 1. The number of aliphatic hydroxyl groups excluding tert-OH is 2. The van der Waals surface area contributed by atoms with Crippen molar-refractivity contribution in [3.05, 3.63) is 156 Å². The third-order valence-corrected chi connectivity index (χ3v) is 15.9. The van der Waals surface area contributed by atoms with E-state index in [2.05, 4.69) is 66.9 Å². The van der Waals surface area contributed by atoms with Crippen molar-refractivity contribution in [3.63, 3.8) is 0 Å². The molecule has 4 N–H and O–H groups in total. The molecule has 3 aliphatic carbocycles. The zero-order chi connectivity index (χ0) is 59.2. The van der Waals surface area contributed by atoms with Crippen LogP contribution in [-0.4, -0.2) is 111 Å². The number of fused-ring (bicyclic) bond motifs is 5. The number of nitrogens with one attached hydrogen (secondary N) is 1. The number of carbonyl (C=O) groups is 6. The molecule has 1 aliphatic heterocycles. The highest BCUT2D eigenvalue weighted by molar-refractivity contribution is 5.94. The van der Waals surface area contributed by atoms with E-state index in [1.807, 2.05) is 18.2 Å². The minimum absolute atomic E-state index is 0.0588. The van der Waals surface area contributed by atoms with Crippen LogP contribution in [0.25, 0.3) is 0 Å². The summed E-state index contributed by atoms with van der Waals surface area (Å²) in [5.74, 6) is -6.19. The lowest BCUT2D eigenvalue weighted by Crippen LogP contribution is -2.82. The van der Waals surface area contributed by atoms with Crippen molar-refractivity contribution in [1.82, 2.24) is 5.32 Å². The molecule has 0 radical (unpaired) electrons. The quantitative estimate of drug-likeness (QED) is 0.0461. The molecule has 0 spiro atoms. The van der Waals surface area contributed by atoms with Gasteiger partial charge in [-0.2, -0.15) is 0 Å². The molecule has 1 saturated heterocycles. The average molecular weight is 1120 g/mol. The molecule has 11 atom stereocenters. The van der Waals surface area contributed by atoms with Crippen LogP contribution in [-0.2, 0) is 47.6 Å². The van der Waals surface area contributed by atoms with Crippen LogP contribution in [0.2, 0.25) is 0 Å². The van der Waals surface area contributed by atoms with Gasteiger partial charge in [0.05, 0.1) is 29.5 Å². The molecule has 4 aliphatic rings. The van der Waals surface area contributed by atoms with E-state index < -0.39 is 118 Å². The number of ether oxygens (including phenoxy) is 6. The minimum Gasteiger partial charge on any atom is -0.461 e. The molecule has 2 saturated carbocycles. The zero-order valence-electron chi connectivity index (χ0n) is 48.3. The fourth-order valence-electron chi connectivity index (χ4n) is 11.8. The highest BCUT2D eigenvalue weighted by Crippen LogP contribution is 2.64. The molecule has 2 bridgehead atoms.